The molecule has 0 radical (unpaired) electrons. The summed E-state index contributed by atoms with van der Waals surface area (Å²) < 4.78 is 25.4. The number of carbonyl (C=O) groups is 1. The van der Waals surface area contributed by atoms with Crippen molar-refractivity contribution in [1.29, 1.82) is 0 Å². The zero-order valence-corrected chi connectivity index (χ0v) is 15.6. The van der Waals surface area contributed by atoms with Gasteiger partial charge in [-0.15, -0.1) is 0 Å². The Morgan fingerprint density at radius 1 is 1.25 bits per heavy atom. The average molecular weight is 395 g/mol. The predicted molar refractivity (Wildman–Crippen MR) is 94.7 cm³/mol. The van der Waals surface area contributed by atoms with Crippen molar-refractivity contribution in [2.45, 2.75) is 33.3 Å². The van der Waals surface area contributed by atoms with Gasteiger partial charge in [-0.1, -0.05) is 35.0 Å². The van der Waals surface area contributed by atoms with Gasteiger partial charge in [0.1, 0.15) is 6.61 Å². The van der Waals surface area contributed by atoms with Crippen LogP contribution in [-0.4, -0.2) is 13.1 Å². The van der Waals surface area contributed by atoms with Crippen LogP contribution in [0.3, 0.4) is 0 Å². The van der Waals surface area contributed by atoms with Crippen LogP contribution < -0.4 is 4.74 Å². The van der Waals surface area contributed by atoms with Gasteiger partial charge in [0, 0.05) is 10.0 Å². The van der Waals surface area contributed by atoms with Gasteiger partial charge in [0.05, 0.1) is 13.5 Å². The summed E-state index contributed by atoms with van der Waals surface area (Å²) in [6.07, 6.45) is 0.918. The van der Waals surface area contributed by atoms with E-state index >= 15 is 0 Å². The average Bonchev–Trinajstić information content (AvgIpc) is 2.56. The van der Waals surface area contributed by atoms with Crippen LogP contribution in [0.15, 0.2) is 34.8 Å². The first kappa shape index (κ1) is 18.5. The lowest BCUT2D eigenvalue weighted by Crippen LogP contribution is -2.09. The van der Waals surface area contributed by atoms with Gasteiger partial charge < -0.3 is 9.47 Å². The molecule has 5 heteroatoms. The molecule has 0 N–H and O–H groups in total. The predicted octanol–water partition coefficient (Wildman–Crippen LogP) is 4.75. The van der Waals surface area contributed by atoms with Gasteiger partial charge in [-0.2, -0.15) is 0 Å². The lowest BCUT2D eigenvalue weighted by atomic mass is 10.0. The Bertz CT molecular complexity index is 744. The third-order valence-corrected chi connectivity index (χ3v) is 4.66. The van der Waals surface area contributed by atoms with Gasteiger partial charge in [0.2, 0.25) is 0 Å². The van der Waals surface area contributed by atoms with E-state index in [1.54, 1.807) is 6.07 Å². The lowest BCUT2D eigenvalue weighted by Gasteiger charge is -2.14. The Hall–Kier alpha value is -1.88. The molecule has 0 aliphatic carbocycles. The van der Waals surface area contributed by atoms with Crippen LogP contribution in [0, 0.1) is 12.7 Å². The Morgan fingerprint density at radius 3 is 2.67 bits per heavy atom. The summed E-state index contributed by atoms with van der Waals surface area (Å²) in [5, 5.41) is 0. The van der Waals surface area contributed by atoms with Crippen molar-refractivity contribution in [1.82, 2.24) is 0 Å². The summed E-state index contributed by atoms with van der Waals surface area (Å²) in [5.74, 6) is -0.493. The molecule has 0 atom stereocenters. The van der Waals surface area contributed by atoms with Crippen LogP contribution in [0.5, 0.6) is 5.75 Å². The van der Waals surface area contributed by atoms with Gasteiger partial charge in [0.15, 0.2) is 11.6 Å². The fraction of sp³-hybridized carbons (Fsp3) is 0.316. The van der Waals surface area contributed by atoms with Crippen molar-refractivity contribution in [2.75, 3.05) is 7.11 Å². The van der Waals surface area contributed by atoms with E-state index in [4.69, 9.17) is 9.47 Å². The molecule has 0 aliphatic rings. The van der Waals surface area contributed by atoms with Crippen LogP contribution in [0.25, 0.3) is 0 Å². The number of hydrogen-bond acceptors (Lipinski definition) is 3. The maximum atomic E-state index is 14.2. The van der Waals surface area contributed by atoms with Crippen molar-refractivity contribution in [3.8, 4) is 5.75 Å². The fourth-order valence-corrected chi connectivity index (χ4v) is 3.02. The van der Waals surface area contributed by atoms with Crippen LogP contribution in [0.4, 0.5) is 4.39 Å². The number of rotatable bonds is 6. The molecule has 3 nitrogen and oxygen atoms in total. The quantitative estimate of drug-likeness (QED) is 0.662. The van der Waals surface area contributed by atoms with E-state index < -0.39 is 0 Å². The maximum Gasteiger partial charge on any atom is 0.309 e. The third-order valence-electron chi connectivity index (χ3n) is 3.92. The van der Waals surface area contributed by atoms with Crippen LogP contribution in [-0.2, 0) is 29.0 Å². The second-order valence-corrected chi connectivity index (χ2v) is 6.34. The monoisotopic (exact) mass is 394 g/mol. The van der Waals surface area contributed by atoms with E-state index in [1.165, 1.54) is 13.2 Å². The summed E-state index contributed by atoms with van der Waals surface area (Å²) in [7, 11) is 1.35. The standard InChI is InChI=1S/C19H20BrFO3/c1-4-13-9-17(21)18(8-12(13)2)24-11-15-14(10-19(22)23-3)6-5-7-16(15)20/h5-9H,4,10-11H2,1-3H3. The van der Waals surface area contributed by atoms with E-state index in [0.29, 0.717) is 0 Å². The third kappa shape index (κ3) is 4.35. The minimum atomic E-state index is -0.376. The van der Waals surface area contributed by atoms with Gasteiger partial charge in [-0.25, -0.2) is 4.39 Å². The maximum absolute atomic E-state index is 14.2. The molecular weight excluding hydrogens is 375 g/mol. The minimum absolute atomic E-state index is 0.144. The summed E-state index contributed by atoms with van der Waals surface area (Å²) in [6.45, 7) is 4.09. The van der Waals surface area contributed by atoms with Gasteiger partial charge >= 0.3 is 5.97 Å². The number of halogens is 2. The Labute approximate surface area is 149 Å². The summed E-state index contributed by atoms with van der Waals surface area (Å²) in [5.41, 5.74) is 3.56. The second kappa shape index (κ2) is 8.29. The van der Waals surface area contributed by atoms with Gasteiger partial charge in [0.25, 0.3) is 0 Å². The topological polar surface area (TPSA) is 35.5 Å². The molecule has 0 heterocycles. The van der Waals surface area contributed by atoms with Gasteiger partial charge in [-0.3, -0.25) is 4.79 Å². The molecule has 0 amide bonds. The van der Waals surface area contributed by atoms with Crippen molar-refractivity contribution in [3.63, 3.8) is 0 Å². The zero-order chi connectivity index (χ0) is 17.7. The molecule has 0 bridgehead atoms. The molecule has 2 aromatic carbocycles. The van der Waals surface area contributed by atoms with E-state index in [2.05, 4.69) is 15.9 Å². The van der Waals surface area contributed by atoms with Crippen LogP contribution in [0.2, 0.25) is 0 Å². The highest BCUT2D eigenvalue weighted by molar-refractivity contribution is 9.10. The highest BCUT2D eigenvalue weighted by atomic mass is 79.9. The van der Waals surface area contributed by atoms with Crippen molar-refractivity contribution in [3.05, 3.63) is 62.9 Å². The molecule has 0 aliphatic heterocycles. The summed E-state index contributed by atoms with van der Waals surface area (Å²) >= 11 is 3.46. The summed E-state index contributed by atoms with van der Waals surface area (Å²) in [6, 6.07) is 8.76. The number of hydrogen-bond donors (Lipinski definition) is 0. The number of methoxy groups -OCH3 is 1. The normalized spacial score (nSPS) is 10.5. The van der Waals surface area contributed by atoms with E-state index in [-0.39, 0.29) is 30.6 Å². The molecule has 0 aromatic heterocycles. The highest BCUT2D eigenvalue weighted by Crippen LogP contribution is 2.27. The van der Waals surface area contributed by atoms with Crippen molar-refractivity contribution in [2.24, 2.45) is 0 Å². The highest BCUT2D eigenvalue weighted by Gasteiger charge is 2.13. The number of benzene rings is 2. The van der Waals surface area contributed by atoms with Crippen molar-refractivity contribution >= 4 is 21.9 Å². The molecule has 2 aromatic rings. The van der Waals surface area contributed by atoms with Gasteiger partial charge in [-0.05, 0) is 48.2 Å². The molecule has 0 spiro atoms. The zero-order valence-electron chi connectivity index (χ0n) is 14.0. The number of aryl methyl sites for hydroxylation is 2. The smallest absolute Gasteiger partial charge is 0.309 e. The Morgan fingerprint density at radius 2 is 2.00 bits per heavy atom. The number of carbonyl (C=O) groups excluding carboxylic acids is 1. The van der Waals surface area contributed by atoms with Crippen LogP contribution >= 0.6 is 15.9 Å². The van der Waals surface area contributed by atoms with E-state index in [1.807, 2.05) is 32.0 Å². The van der Waals surface area contributed by atoms with Crippen molar-refractivity contribution < 1.29 is 18.7 Å². The molecule has 2 rings (SSSR count). The molecule has 0 unspecified atom stereocenters. The minimum Gasteiger partial charge on any atom is -0.486 e. The summed E-state index contributed by atoms with van der Waals surface area (Å²) in [4.78, 5) is 11.5. The molecule has 0 saturated heterocycles. The SMILES string of the molecule is CCc1cc(F)c(OCc2c(Br)cccc2CC(=O)OC)cc1C. The molecule has 0 fully saturated rings. The lowest BCUT2D eigenvalue weighted by molar-refractivity contribution is -0.139. The van der Waals surface area contributed by atoms with Crippen LogP contribution in [0.1, 0.15) is 29.2 Å². The molecule has 0 saturated carbocycles. The molecule has 128 valence electrons. The first-order valence-electron chi connectivity index (χ1n) is 7.71. The largest absolute Gasteiger partial charge is 0.486 e. The van der Waals surface area contributed by atoms with E-state index in [9.17, 15) is 9.18 Å². The molecule has 24 heavy (non-hydrogen) atoms. The number of ether oxygens (including phenoxy) is 2. The van der Waals surface area contributed by atoms with E-state index in [0.717, 1.165) is 33.1 Å². The molecular formula is C19H20BrFO3. The Balaban J connectivity index is 2.23. The first-order valence-corrected chi connectivity index (χ1v) is 8.50. The first-order chi connectivity index (χ1) is 11.5. The Kier molecular flexibility index (Phi) is 6.37. The second-order valence-electron chi connectivity index (χ2n) is 5.48. The number of esters is 1. The fourth-order valence-electron chi connectivity index (χ4n) is 2.50.